The van der Waals surface area contributed by atoms with Crippen LogP contribution in [0.3, 0.4) is 0 Å². The van der Waals surface area contributed by atoms with Gasteiger partial charge in [0.1, 0.15) is 0 Å². The van der Waals surface area contributed by atoms with Crippen molar-refractivity contribution < 1.29 is 4.79 Å². The van der Waals surface area contributed by atoms with Crippen LogP contribution in [-0.4, -0.2) is 49.6 Å². The van der Waals surface area contributed by atoms with Gasteiger partial charge in [-0.25, -0.2) is 0 Å². The van der Waals surface area contributed by atoms with E-state index in [0.29, 0.717) is 6.04 Å². The highest BCUT2D eigenvalue weighted by Gasteiger charge is 2.19. The van der Waals surface area contributed by atoms with Crippen LogP contribution in [-0.2, 0) is 4.79 Å². The van der Waals surface area contributed by atoms with E-state index in [0.717, 1.165) is 32.5 Å². The van der Waals surface area contributed by atoms with Crippen LogP contribution >= 0.6 is 0 Å². The van der Waals surface area contributed by atoms with Crippen LogP contribution in [0.5, 0.6) is 0 Å². The Balaban J connectivity index is 2.16. The number of piperidine rings is 1. The second-order valence-corrected chi connectivity index (χ2v) is 6.09. The number of nitrogens with zero attached hydrogens (tertiary/aromatic N) is 1. The number of carbonyl (C=O) groups excluding carboxylic acids is 1. The molecule has 0 saturated carbocycles. The zero-order valence-corrected chi connectivity index (χ0v) is 13.6. The first-order valence-corrected chi connectivity index (χ1v) is 8.36. The SMILES string of the molecule is CCCCCNC(=O)C(C)N(C)CCC1CCCCN1. The number of unbranched alkanes of at least 4 members (excludes halogenated alkanes) is 2. The van der Waals surface area contributed by atoms with E-state index in [1.807, 2.05) is 6.92 Å². The Labute approximate surface area is 124 Å². The summed E-state index contributed by atoms with van der Waals surface area (Å²) in [5.74, 6) is 0.167. The highest BCUT2D eigenvalue weighted by molar-refractivity contribution is 5.81. The average molecular weight is 283 g/mol. The monoisotopic (exact) mass is 283 g/mol. The van der Waals surface area contributed by atoms with Gasteiger partial charge >= 0.3 is 0 Å². The molecular weight excluding hydrogens is 250 g/mol. The molecule has 1 aliphatic rings. The predicted molar refractivity (Wildman–Crippen MR) is 84.9 cm³/mol. The van der Waals surface area contributed by atoms with Gasteiger partial charge in [-0.05, 0) is 46.2 Å². The van der Waals surface area contributed by atoms with Crippen molar-refractivity contribution in [3.8, 4) is 0 Å². The Morgan fingerprint density at radius 2 is 2.20 bits per heavy atom. The minimum Gasteiger partial charge on any atom is -0.355 e. The lowest BCUT2D eigenvalue weighted by molar-refractivity contribution is -0.125. The third kappa shape index (κ3) is 6.71. The molecule has 20 heavy (non-hydrogen) atoms. The Kier molecular flexibility index (Phi) is 8.86. The van der Waals surface area contributed by atoms with Crippen molar-refractivity contribution in [2.75, 3.05) is 26.7 Å². The molecule has 4 heteroatoms. The molecule has 1 heterocycles. The number of rotatable bonds is 9. The number of hydrogen-bond acceptors (Lipinski definition) is 3. The van der Waals surface area contributed by atoms with Crippen molar-refractivity contribution in [1.29, 1.82) is 0 Å². The molecule has 0 bridgehead atoms. The van der Waals surface area contributed by atoms with Crippen LogP contribution in [0.4, 0.5) is 0 Å². The minimum atomic E-state index is -0.0276. The minimum absolute atomic E-state index is 0.0276. The number of amides is 1. The Morgan fingerprint density at radius 1 is 1.40 bits per heavy atom. The zero-order chi connectivity index (χ0) is 14.8. The third-order valence-corrected chi connectivity index (χ3v) is 4.36. The van der Waals surface area contributed by atoms with E-state index in [9.17, 15) is 4.79 Å². The lowest BCUT2D eigenvalue weighted by Gasteiger charge is -2.28. The largest absolute Gasteiger partial charge is 0.355 e. The number of carbonyl (C=O) groups is 1. The van der Waals surface area contributed by atoms with E-state index in [-0.39, 0.29) is 11.9 Å². The summed E-state index contributed by atoms with van der Waals surface area (Å²) < 4.78 is 0. The molecule has 0 aromatic carbocycles. The molecule has 4 nitrogen and oxygen atoms in total. The van der Waals surface area contributed by atoms with E-state index in [1.54, 1.807) is 0 Å². The van der Waals surface area contributed by atoms with Gasteiger partial charge in [-0.2, -0.15) is 0 Å². The zero-order valence-electron chi connectivity index (χ0n) is 13.6. The smallest absolute Gasteiger partial charge is 0.237 e. The van der Waals surface area contributed by atoms with E-state index in [2.05, 4.69) is 29.5 Å². The average Bonchev–Trinajstić information content (AvgIpc) is 2.49. The Hall–Kier alpha value is -0.610. The van der Waals surface area contributed by atoms with Crippen LogP contribution in [0, 0.1) is 0 Å². The molecule has 1 saturated heterocycles. The summed E-state index contributed by atoms with van der Waals surface area (Å²) in [5, 5.41) is 6.60. The maximum Gasteiger partial charge on any atom is 0.237 e. The Bertz CT molecular complexity index is 264. The van der Waals surface area contributed by atoms with Crippen molar-refractivity contribution in [3.63, 3.8) is 0 Å². The molecule has 0 radical (unpaired) electrons. The quantitative estimate of drug-likeness (QED) is 0.637. The first-order chi connectivity index (χ1) is 9.65. The third-order valence-electron chi connectivity index (χ3n) is 4.36. The fraction of sp³-hybridized carbons (Fsp3) is 0.938. The fourth-order valence-electron chi connectivity index (χ4n) is 2.66. The summed E-state index contributed by atoms with van der Waals surface area (Å²) in [4.78, 5) is 14.2. The fourth-order valence-corrected chi connectivity index (χ4v) is 2.66. The first-order valence-electron chi connectivity index (χ1n) is 8.36. The van der Waals surface area contributed by atoms with Gasteiger partial charge in [-0.15, -0.1) is 0 Å². The van der Waals surface area contributed by atoms with Crippen molar-refractivity contribution in [2.45, 2.75) is 70.9 Å². The number of likely N-dealkylation sites (N-methyl/N-ethyl adjacent to an activating group) is 1. The van der Waals surface area contributed by atoms with Crippen molar-refractivity contribution in [2.24, 2.45) is 0 Å². The van der Waals surface area contributed by atoms with Crippen LogP contribution in [0.1, 0.15) is 58.8 Å². The van der Waals surface area contributed by atoms with Gasteiger partial charge in [-0.1, -0.05) is 26.2 Å². The molecule has 2 unspecified atom stereocenters. The molecule has 1 fully saturated rings. The Morgan fingerprint density at radius 3 is 2.85 bits per heavy atom. The molecular formula is C16H33N3O. The standard InChI is InChI=1S/C16H33N3O/c1-4-5-7-12-18-16(20)14(2)19(3)13-10-15-9-6-8-11-17-15/h14-15,17H,4-13H2,1-3H3,(H,18,20). The van der Waals surface area contributed by atoms with Crippen LogP contribution in [0.25, 0.3) is 0 Å². The van der Waals surface area contributed by atoms with Gasteiger partial charge in [0.2, 0.25) is 5.91 Å². The van der Waals surface area contributed by atoms with Crippen molar-refractivity contribution in [3.05, 3.63) is 0 Å². The highest BCUT2D eigenvalue weighted by Crippen LogP contribution is 2.11. The van der Waals surface area contributed by atoms with Gasteiger partial charge in [0.05, 0.1) is 6.04 Å². The predicted octanol–water partition coefficient (Wildman–Crippen LogP) is 2.15. The van der Waals surface area contributed by atoms with Crippen LogP contribution in [0.15, 0.2) is 0 Å². The van der Waals surface area contributed by atoms with E-state index >= 15 is 0 Å². The van der Waals surface area contributed by atoms with Gasteiger partial charge in [0.15, 0.2) is 0 Å². The summed E-state index contributed by atoms with van der Waals surface area (Å²) in [6.07, 6.45) is 8.55. The molecule has 118 valence electrons. The van der Waals surface area contributed by atoms with Crippen LogP contribution < -0.4 is 10.6 Å². The topological polar surface area (TPSA) is 44.4 Å². The highest BCUT2D eigenvalue weighted by atomic mass is 16.2. The van der Waals surface area contributed by atoms with Gasteiger partial charge in [0, 0.05) is 19.1 Å². The second kappa shape index (κ2) is 10.2. The molecule has 0 aromatic heterocycles. The summed E-state index contributed by atoms with van der Waals surface area (Å²) >= 11 is 0. The second-order valence-electron chi connectivity index (χ2n) is 6.09. The summed E-state index contributed by atoms with van der Waals surface area (Å²) in [6, 6.07) is 0.617. The molecule has 0 aromatic rings. The molecule has 0 aliphatic carbocycles. The summed E-state index contributed by atoms with van der Waals surface area (Å²) in [6.45, 7) is 7.14. The molecule has 1 aliphatic heterocycles. The van der Waals surface area contributed by atoms with E-state index in [1.165, 1.54) is 32.1 Å². The normalized spacial score (nSPS) is 20.9. The van der Waals surface area contributed by atoms with Crippen molar-refractivity contribution in [1.82, 2.24) is 15.5 Å². The number of nitrogens with one attached hydrogen (secondary N) is 2. The van der Waals surface area contributed by atoms with Gasteiger partial charge in [-0.3, -0.25) is 9.69 Å². The van der Waals surface area contributed by atoms with E-state index < -0.39 is 0 Å². The molecule has 1 amide bonds. The molecule has 0 spiro atoms. The first kappa shape index (κ1) is 17.4. The molecule has 2 N–H and O–H groups in total. The van der Waals surface area contributed by atoms with Crippen LogP contribution in [0.2, 0.25) is 0 Å². The van der Waals surface area contributed by atoms with Gasteiger partial charge < -0.3 is 10.6 Å². The molecule has 2 atom stereocenters. The lowest BCUT2D eigenvalue weighted by atomic mass is 10.0. The number of hydrogen-bond donors (Lipinski definition) is 2. The van der Waals surface area contributed by atoms with E-state index in [4.69, 9.17) is 0 Å². The summed E-state index contributed by atoms with van der Waals surface area (Å²) in [5.41, 5.74) is 0. The molecule has 1 rings (SSSR count). The maximum atomic E-state index is 12.0. The lowest BCUT2D eigenvalue weighted by Crippen LogP contribution is -2.45. The van der Waals surface area contributed by atoms with Crippen molar-refractivity contribution >= 4 is 5.91 Å². The summed E-state index contributed by atoms with van der Waals surface area (Å²) in [7, 11) is 2.05. The maximum absolute atomic E-state index is 12.0. The van der Waals surface area contributed by atoms with Gasteiger partial charge in [0.25, 0.3) is 0 Å².